The van der Waals surface area contributed by atoms with Crippen molar-refractivity contribution in [1.29, 1.82) is 0 Å². The molecule has 1 heterocycles. The van der Waals surface area contributed by atoms with Crippen molar-refractivity contribution >= 4 is 29.3 Å². The number of methoxy groups -OCH3 is 1. The van der Waals surface area contributed by atoms with Crippen LogP contribution in [0.5, 0.6) is 0 Å². The molecule has 0 spiro atoms. The van der Waals surface area contributed by atoms with E-state index in [1.165, 1.54) is 7.11 Å². The fraction of sp³-hybridized carbons (Fsp3) is 0.294. The average Bonchev–Trinajstić information content (AvgIpc) is 3.32. The van der Waals surface area contributed by atoms with Gasteiger partial charge >= 0.3 is 5.97 Å². The van der Waals surface area contributed by atoms with E-state index in [2.05, 4.69) is 20.5 Å². The van der Waals surface area contributed by atoms with Crippen molar-refractivity contribution in [3.63, 3.8) is 0 Å². The van der Waals surface area contributed by atoms with Crippen LogP contribution < -0.4 is 10.6 Å². The number of nitrogens with one attached hydrogen (secondary N) is 2. The minimum absolute atomic E-state index is 0.234. The molecule has 0 radical (unpaired) electrons. The number of aryl methyl sites for hydroxylation is 1. The van der Waals surface area contributed by atoms with E-state index in [-0.39, 0.29) is 23.7 Å². The SMILES string of the molecule is COC(=O)c1ccc(NC(=O)C2CC2C(=O)Nc2cc(C)on2)cc1. The third-order valence-corrected chi connectivity index (χ3v) is 3.92. The van der Waals surface area contributed by atoms with Crippen LogP contribution in [0.15, 0.2) is 34.9 Å². The molecule has 0 bridgehead atoms. The lowest BCUT2D eigenvalue weighted by Crippen LogP contribution is -2.20. The zero-order valence-corrected chi connectivity index (χ0v) is 13.7. The Balaban J connectivity index is 1.53. The Labute approximate surface area is 143 Å². The molecular formula is C17H17N3O5. The zero-order valence-electron chi connectivity index (χ0n) is 13.7. The number of nitrogens with zero attached hydrogens (tertiary/aromatic N) is 1. The lowest BCUT2D eigenvalue weighted by Gasteiger charge is -2.06. The van der Waals surface area contributed by atoms with Crippen molar-refractivity contribution in [2.45, 2.75) is 13.3 Å². The van der Waals surface area contributed by atoms with Crippen LogP contribution in [-0.2, 0) is 14.3 Å². The highest BCUT2D eigenvalue weighted by molar-refractivity contribution is 6.03. The Morgan fingerprint density at radius 2 is 1.76 bits per heavy atom. The molecule has 8 nitrogen and oxygen atoms in total. The topological polar surface area (TPSA) is 111 Å². The zero-order chi connectivity index (χ0) is 18.0. The highest BCUT2D eigenvalue weighted by Crippen LogP contribution is 2.40. The first-order valence-corrected chi connectivity index (χ1v) is 7.71. The lowest BCUT2D eigenvalue weighted by atomic mass is 10.2. The molecule has 2 unspecified atom stereocenters. The van der Waals surface area contributed by atoms with Crippen LogP contribution >= 0.6 is 0 Å². The van der Waals surface area contributed by atoms with Gasteiger partial charge in [-0.15, -0.1) is 0 Å². The van der Waals surface area contributed by atoms with Gasteiger partial charge in [-0.1, -0.05) is 5.16 Å². The van der Waals surface area contributed by atoms with Crippen LogP contribution in [0.1, 0.15) is 22.5 Å². The standard InChI is InChI=1S/C17H17N3O5/c1-9-7-14(20-25-9)19-16(22)13-8-12(13)15(21)18-11-5-3-10(4-6-11)17(23)24-2/h3-7,12-13H,8H2,1-2H3,(H,18,21)(H,19,20,22). The Hall–Kier alpha value is -3.16. The highest BCUT2D eigenvalue weighted by atomic mass is 16.5. The molecule has 2 N–H and O–H groups in total. The summed E-state index contributed by atoms with van der Waals surface area (Å²) in [4.78, 5) is 35.7. The predicted molar refractivity (Wildman–Crippen MR) is 87.9 cm³/mol. The molecule has 2 aromatic rings. The molecule has 0 saturated heterocycles. The summed E-state index contributed by atoms with van der Waals surface area (Å²) in [5.74, 6) is -0.765. The average molecular weight is 343 g/mol. The van der Waals surface area contributed by atoms with Crippen molar-refractivity contribution in [3.8, 4) is 0 Å². The van der Waals surface area contributed by atoms with Gasteiger partial charge in [0.15, 0.2) is 5.82 Å². The highest BCUT2D eigenvalue weighted by Gasteiger charge is 2.48. The fourth-order valence-electron chi connectivity index (χ4n) is 2.46. The molecule has 0 aliphatic heterocycles. The van der Waals surface area contributed by atoms with Crippen molar-refractivity contribution < 1.29 is 23.6 Å². The maximum Gasteiger partial charge on any atom is 0.337 e. The summed E-state index contributed by atoms with van der Waals surface area (Å²) in [7, 11) is 1.30. The van der Waals surface area contributed by atoms with Crippen LogP contribution in [0.2, 0.25) is 0 Å². The summed E-state index contributed by atoms with van der Waals surface area (Å²) in [5, 5.41) is 9.05. The van der Waals surface area contributed by atoms with Crippen molar-refractivity contribution in [3.05, 3.63) is 41.7 Å². The minimum Gasteiger partial charge on any atom is -0.465 e. The van der Waals surface area contributed by atoms with Gasteiger partial charge in [0.05, 0.1) is 24.5 Å². The van der Waals surface area contributed by atoms with E-state index < -0.39 is 5.97 Å². The third-order valence-electron chi connectivity index (χ3n) is 3.92. The lowest BCUT2D eigenvalue weighted by molar-refractivity contribution is -0.122. The molecule has 2 atom stereocenters. The number of esters is 1. The molecule has 130 valence electrons. The number of aromatic nitrogens is 1. The van der Waals surface area contributed by atoms with Crippen LogP contribution in [0, 0.1) is 18.8 Å². The molecule has 1 saturated carbocycles. The van der Waals surface area contributed by atoms with E-state index in [9.17, 15) is 14.4 Å². The summed E-state index contributed by atoms with van der Waals surface area (Å²) in [6.07, 6.45) is 0.481. The largest absolute Gasteiger partial charge is 0.465 e. The van der Waals surface area contributed by atoms with Gasteiger partial charge in [-0.3, -0.25) is 9.59 Å². The summed E-state index contributed by atoms with van der Waals surface area (Å²) < 4.78 is 9.49. The molecule has 1 aliphatic rings. The summed E-state index contributed by atoms with van der Waals surface area (Å²) in [6.45, 7) is 1.72. The Kier molecular flexibility index (Phi) is 4.51. The summed E-state index contributed by atoms with van der Waals surface area (Å²) >= 11 is 0. The second kappa shape index (κ2) is 6.76. The van der Waals surface area contributed by atoms with E-state index >= 15 is 0 Å². The number of benzene rings is 1. The monoisotopic (exact) mass is 343 g/mol. The molecule has 3 rings (SSSR count). The predicted octanol–water partition coefficient (Wildman–Crippen LogP) is 1.98. The van der Waals surface area contributed by atoms with E-state index in [1.807, 2.05) is 0 Å². The van der Waals surface area contributed by atoms with Gasteiger partial charge in [-0.05, 0) is 37.6 Å². The first-order chi connectivity index (χ1) is 12.0. The minimum atomic E-state index is -0.445. The number of amides is 2. The molecule has 8 heteroatoms. The number of carbonyl (C=O) groups is 3. The molecule has 2 amide bonds. The first-order valence-electron chi connectivity index (χ1n) is 7.71. The summed E-state index contributed by atoms with van der Waals surface area (Å²) in [5.41, 5.74) is 0.947. The number of anilines is 2. The first kappa shape index (κ1) is 16.7. The van der Waals surface area contributed by atoms with Crippen molar-refractivity contribution in [2.75, 3.05) is 17.7 Å². The van der Waals surface area contributed by atoms with Gasteiger partial charge in [0.1, 0.15) is 5.76 Å². The Bertz CT molecular complexity index is 812. The second-order valence-corrected chi connectivity index (χ2v) is 5.82. The van der Waals surface area contributed by atoms with E-state index in [4.69, 9.17) is 4.52 Å². The quantitative estimate of drug-likeness (QED) is 0.803. The molecule has 1 aromatic carbocycles. The van der Waals surface area contributed by atoms with Gasteiger partial charge in [-0.2, -0.15) is 0 Å². The van der Waals surface area contributed by atoms with Gasteiger partial charge in [0.25, 0.3) is 0 Å². The van der Waals surface area contributed by atoms with Crippen LogP contribution in [0.4, 0.5) is 11.5 Å². The molecule has 1 fully saturated rings. The third kappa shape index (κ3) is 3.85. The van der Waals surface area contributed by atoms with Gasteiger partial charge in [0.2, 0.25) is 11.8 Å². The van der Waals surface area contributed by atoms with Crippen LogP contribution in [0.3, 0.4) is 0 Å². The molecular weight excluding hydrogens is 326 g/mol. The van der Waals surface area contributed by atoms with Crippen LogP contribution in [-0.4, -0.2) is 30.1 Å². The molecule has 1 aliphatic carbocycles. The molecule has 25 heavy (non-hydrogen) atoms. The van der Waals surface area contributed by atoms with E-state index in [0.717, 1.165) is 0 Å². The normalized spacial score (nSPS) is 18.3. The second-order valence-electron chi connectivity index (χ2n) is 5.82. The smallest absolute Gasteiger partial charge is 0.337 e. The number of carbonyl (C=O) groups excluding carboxylic acids is 3. The van der Waals surface area contributed by atoms with E-state index in [1.54, 1.807) is 37.3 Å². The summed E-state index contributed by atoms with van der Waals surface area (Å²) in [6, 6.07) is 7.95. The molecule has 1 aromatic heterocycles. The number of ether oxygens (including phenoxy) is 1. The maximum atomic E-state index is 12.2. The Morgan fingerprint density at radius 3 is 2.32 bits per heavy atom. The maximum absolute atomic E-state index is 12.2. The van der Waals surface area contributed by atoms with Crippen molar-refractivity contribution in [2.24, 2.45) is 11.8 Å². The number of rotatable bonds is 5. The number of hydrogen-bond acceptors (Lipinski definition) is 6. The van der Waals surface area contributed by atoms with Crippen molar-refractivity contribution in [1.82, 2.24) is 5.16 Å². The fourth-order valence-corrected chi connectivity index (χ4v) is 2.46. The Morgan fingerprint density at radius 1 is 1.12 bits per heavy atom. The number of hydrogen-bond donors (Lipinski definition) is 2. The van der Waals surface area contributed by atoms with Gasteiger partial charge in [-0.25, -0.2) is 4.79 Å². The van der Waals surface area contributed by atoms with E-state index in [0.29, 0.717) is 29.2 Å². The van der Waals surface area contributed by atoms with Gasteiger partial charge < -0.3 is 19.9 Å². The van der Waals surface area contributed by atoms with Gasteiger partial charge in [0, 0.05) is 11.8 Å². The van der Waals surface area contributed by atoms with Crippen LogP contribution in [0.25, 0.3) is 0 Å².